The lowest BCUT2D eigenvalue weighted by molar-refractivity contribution is 0.0681. The first-order valence-electron chi connectivity index (χ1n) is 7.67. The van der Waals surface area contributed by atoms with Crippen molar-refractivity contribution in [2.45, 2.75) is 19.8 Å². The van der Waals surface area contributed by atoms with Gasteiger partial charge in [-0.15, -0.1) is 11.3 Å². The second kappa shape index (κ2) is 6.74. The molecule has 0 radical (unpaired) electrons. The summed E-state index contributed by atoms with van der Waals surface area (Å²) in [6, 6.07) is 6.42. The Kier molecular flexibility index (Phi) is 4.71. The van der Waals surface area contributed by atoms with Crippen LogP contribution >= 0.6 is 11.3 Å². The number of carbonyl (C=O) groups is 1. The van der Waals surface area contributed by atoms with E-state index in [1.54, 1.807) is 30.0 Å². The van der Waals surface area contributed by atoms with Crippen molar-refractivity contribution in [1.82, 2.24) is 9.88 Å². The molecular formula is C17H18F2N2OS. The van der Waals surface area contributed by atoms with Crippen LogP contribution in [0.5, 0.6) is 0 Å². The van der Waals surface area contributed by atoms with Gasteiger partial charge in [0.15, 0.2) is 0 Å². The SMILES string of the molecule is Cc1nc(-c2ccccc2F)sc1C(=O)N1CCC(CF)CC1. The van der Waals surface area contributed by atoms with Gasteiger partial charge < -0.3 is 4.90 Å². The Morgan fingerprint density at radius 3 is 2.70 bits per heavy atom. The van der Waals surface area contributed by atoms with Gasteiger partial charge in [-0.1, -0.05) is 12.1 Å². The number of halogens is 2. The van der Waals surface area contributed by atoms with Gasteiger partial charge in [-0.25, -0.2) is 9.37 Å². The highest BCUT2D eigenvalue weighted by Crippen LogP contribution is 2.31. The monoisotopic (exact) mass is 336 g/mol. The van der Waals surface area contributed by atoms with Gasteiger partial charge in [0.2, 0.25) is 0 Å². The van der Waals surface area contributed by atoms with E-state index in [2.05, 4.69) is 4.98 Å². The van der Waals surface area contributed by atoms with Gasteiger partial charge in [0.25, 0.3) is 5.91 Å². The summed E-state index contributed by atoms with van der Waals surface area (Å²) < 4.78 is 26.6. The Labute approximate surface area is 138 Å². The molecule has 1 saturated heterocycles. The van der Waals surface area contributed by atoms with E-state index in [1.807, 2.05) is 0 Å². The number of alkyl halides is 1. The van der Waals surface area contributed by atoms with E-state index in [4.69, 9.17) is 0 Å². The lowest BCUT2D eigenvalue weighted by atomic mass is 9.98. The van der Waals surface area contributed by atoms with Gasteiger partial charge in [0.05, 0.1) is 12.4 Å². The Morgan fingerprint density at radius 2 is 2.04 bits per heavy atom. The lowest BCUT2D eigenvalue weighted by Crippen LogP contribution is -2.38. The molecule has 0 spiro atoms. The molecule has 1 aromatic carbocycles. The summed E-state index contributed by atoms with van der Waals surface area (Å²) in [6.45, 7) is 2.58. The van der Waals surface area contributed by atoms with Crippen molar-refractivity contribution in [3.63, 3.8) is 0 Å². The average Bonchev–Trinajstić information content (AvgIpc) is 2.96. The van der Waals surface area contributed by atoms with E-state index in [0.29, 0.717) is 47.1 Å². The fourth-order valence-electron chi connectivity index (χ4n) is 2.78. The Hall–Kier alpha value is -1.82. The second-order valence-electron chi connectivity index (χ2n) is 5.80. The molecule has 2 heterocycles. The minimum absolute atomic E-state index is 0.0654. The molecule has 1 aliphatic rings. The number of carbonyl (C=O) groups excluding carboxylic acids is 1. The molecule has 3 rings (SSSR count). The molecule has 1 aromatic heterocycles. The zero-order valence-electron chi connectivity index (χ0n) is 12.9. The largest absolute Gasteiger partial charge is 0.338 e. The van der Waals surface area contributed by atoms with E-state index in [0.717, 1.165) is 0 Å². The molecule has 0 bridgehead atoms. The molecular weight excluding hydrogens is 318 g/mol. The summed E-state index contributed by atoms with van der Waals surface area (Å²) in [5, 5.41) is 0.516. The molecule has 0 N–H and O–H groups in total. The van der Waals surface area contributed by atoms with Crippen LogP contribution in [0.4, 0.5) is 8.78 Å². The van der Waals surface area contributed by atoms with E-state index in [9.17, 15) is 13.6 Å². The topological polar surface area (TPSA) is 33.2 Å². The lowest BCUT2D eigenvalue weighted by Gasteiger charge is -2.30. The van der Waals surface area contributed by atoms with Crippen LogP contribution in [-0.2, 0) is 0 Å². The Morgan fingerprint density at radius 1 is 1.35 bits per heavy atom. The predicted octanol–water partition coefficient (Wildman–Crippen LogP) is 4.08. The minimum atomic E-state index is -0.344. The number of hydrogen-bond donors (Lipinski definition) is 0. The van der Waals surface area contributed by atoms with Crippen LogP contribution in [0.1, 0.15) is 28.2 Å². The fourth-order valence-corrected chi connectivity index (χ4v) is 3.84. The van der Waals surface area contributed by atoms with Crippen LogP contribution in [0, 0.1) is 18.7 Å². The summed E-state index contributed by atoms with van der Waals surface area (Å²) in [5.41, 5.74) is 1.03. The van der Waals surface area contributed by atoms with Crippen molar-refractivity contribution in [1.29, 1.82) is 0 Å². The standard InChI is InChI=1S/C17H18F2N2OS/c1-11-15(17(22)21-8-6-12(10-18)7-9-21)23-16(20-11)13-4-2-3-5-14(13)19/h2-5,12H,6-10H2,1H3. The van der Waals surface area contributed by atoms with Crippen molar-refractivity contribution < 1.29 is 13.6 Å². The molecule has 0 unspecified atom stereocenters. The van der Waals surface area contributed by atoms with Crippen LogP contribution in [-0.4, -0.2) is 35.6 Å². The maximum Gasteiger partial charge on any atom is 0.265 e. The smallest absolute Gasteiger partial charge is 0.265 e. The maximum absolute atomic E-state index is 13.9. The summed E-state index contributed by atoms with van der Waals surface area (Å²) >= 11 is 1.22. The summed E-state index contributed by atoms with van der Waals surface area (Å²) in [4.78, 5) is 19.3. The van der Waals surface area contributed by atoms with E-state index in [1.165, 1.54) is 17.4 Å². The van der Waals surface area contributed by atoms with Gasteiger partial charge >= 0.3 is 0 Å². The molecule has 0 atom stereocenters. The van der Waals surface area contributed by atoms with Crippen LogP contribution < -0.4 is 0 Å². The molecule has 1 amide bonds. The molecule has 0 aliphatic carbocycles. The number of likely N-dealkylation sites (tertiary alicyclic amines) is 1. The minimum Gasteiger partial charge on any atom is -0.338 e. The van der Waals surface area contributed by atoms with Gasteiger partial charge in [0, 0.05) is 18.7 Å². The van der Waals surface area contributed by atoms with Gasteiger partial charge in [0.1, 0.15) is 15.7 Å². The van der Waals surface area contributed by atoms with Crippen LogP contribution in [0.3, 0.4) is 0 Å². The Bertz CT molecular complexity index is 708. The van der Waals surface area contributed by atoms with Crippen molar-refractivity contribution in [2.24, 2.45) is 5.92 Å². The third-order valence-electron chi connectivity index (χ3n) is 4.22. The van der Waals surface area contributed by atoms with E-state index >= 15 is 0 Å². The van der Waals surface area contributed by atoms with Crippen molar-refractivity contribution in [3.8, 4) is 10.6 Å². The third kappa shape index (κ3) is 3.27. The molecule has 1 fully saturated rings. The number of amides is 1. The first-order valence-corrected chi connectivity index (χ1v) is 8.49. The van der Waals surface area contributed by atoms with Crippen molar-refractivity contribution in [2.75, 3.05) is 19.8 Å². The number of aryl methyl sites for hydroxylation is 1. The number of hydrogen-bond acceptors (Lipinski definition) is 3. The second-order valence-corrected chi connectivity index (χ2v) is 6.80. The number of nitrogens with zero attached hydrogens (tertiary/aromatic N) is 2. The molecule has 2 aromatic rings. The van der Waals surface area contributed by atoms with Crippen LogP contribution in [0.15, 0.2) is 24.3 Å². The zero-order valence-corrected chi connectivity index (χ0v) is 13.7. The summed E-state index contributed by atoms with van der Waals surface area (Å²) in [5.74, 6) is -0.362. The highest BCUT2D eigenvalue weighted by Gasteiger charge is 2.26. The molecule has 23 heavy (non-hydrogen) atoms. The number of thiazole rings is 1. The van der Waals surface area contributed by atoms with Crippen LogP contribution in [0.25, 0.3) is 10.6 Å². The first kappa shape index (κ1) is 16.1. The van der Waals surface area contributed by atoms with Crippen LogP contribution in [0.2, 0.25) is 0 Å². The average molecular weight is 336 g/mol. The number of piperidine rings is 1. The number of aromatic nitrogens is 1. The summed E-state index contributed by atoms with van der Waals surface area (Å²) in [7, 11) is 0. The number of benzene rings is 1. The van der Waals surface area contributed by atoms with Crippen molar-refractivity contribution in [3.05, 3.63) is 40.7 Å². The maximum atomic E-state index is 13.9. The molecule has 0 saturated carbocycles. The molecule has 3 nitrogen and oxygen atoms in total. The summed E-state index contributed by atoms with van der Waals surface area (Å²) in [6.07, 6.45) is 1.39. The third-order valence-corrected chi connectivity index (χ3v) is 5.39. The quantitative estimate of drug-likeness (QED) is 0.846. The molecule has 1 aliphatic heterocycles. The van der Waals surface area contributed by atoms with Gasteiger partial charge in [-0.3, -0.25) is 9.18 Å². The molecule has 122 valence electrons. The normalized spacial score (nSPS) is 15.9. The highest BCUT2D eigenvalue weighted by atomic mass is 32.1. The van der Waals surface area contributed by atoms with Gasteiger partial charge in [-0.05, 0) is 37.8 Å². The van der Waals surface area contributed by atoms with E-state index in [-0.39, 0.29) is 24.3 Å². The Balaban J connectivity index is 1.81. The highest BCUT2D eigenvalue weighted by molar-refractivity contribution is 7.17. The van der Waals surface area contributed by atoms with Crippen molar-refractivity contribution >= 4 is 17.2 Å². The van der Waals surface area contributed by atoms with Gasteiger partial charge in [-0.2, -0.15) is 0 Å². The predicted molar refractivity (Wildman–Crippen MR) is 86.8 cm³/mol. The fraction of sp³-hybridized carbons (Fsp3) is 0.412. The first-order chi connectivity index (χ1) is 11.1. The van der Waals surface area contributed by atoms with E-state index < -0.39 is 0 Å². The zero-order chi connectivity index (χ0) is 16.4. The number of rotatable bonds is 3. The molecule has 6 heteroatoms.